The number of rotatable bonds is 5. The molecule has 1 aromatic carbocycles. The molecule has 2 aromatic heterocycles. The molecule has 2 fully saturated rings. The summed E-state index contributed by atoms with van der Waals surface area (Å²) in [6.45, 7) is 0.938. The number of hydrogen-bond donors (Lipinski definition) is 3. The number of piperidine rings is 2. The summed E-state index contributed by atoms with van der Waals surface area (Å²) in [6.07, 6.45) is 10.2. The summed E-state index contributed by atoms with van der Waals surface area (Å²) >= 11 is 0. The highest BCUT2D eigenvalue weighted by Gasteiger charge is 2.30. The van der Waals surface area contributed by atoms with Gasteiger partial charge in [-0.1, -0.05) is 12.5 Å². The van der Waals surface area contributed by atoms with E-state index in [4.69, 9.17) is 0 Å². The van der Waals surface area contributed by atoms with Gasteiger partial charge in [0.15, 0.2) is 0 Å². The molecule has 2 bridgehead atoms. The maximum Gasteiger partial charge on any atom is 0.148 e. The van der Waals surface area contributed by atoms with E-state index in [-0.39, 0.29) is 5.75 Å². The van der Waals surface area contributed by atoms with Gasteiger partial charge >= 0.3 is 0 Å². The Morgan fingerprint density at radius 2 is 1.93 bits per heavy atom. The van der Waals surface area contributed by atoms with Crippen molar-refractivity contribution in [1.29, 1.82) is 0 Å². The lowest BCUT2D eigenvalue weighted by Crippen LogP contribution is -2.49. The van der Waals surface area contributed by atoms with Crippen LogP contribution in [0, 0.1) is 5.92 Å². The molecular formula is C23H28N6O. The summed E-state index contributed by atoms with van der Waals surface area (Å²) in [5.74, 6) is 1.66. The first-order valence-electron chi connectivity index (χ1n) is 10.8. The van der Waals surface area contributed by atoms with Gasteiger partial charge in [0.1, 0.15) is 11.6 Å². The number of benzene rings is 1. The quantitative estimate of drug-likeness (QED) is 0.602. The molecule has 2 saturated heterocycles. The number of phenols is 1. The van der Waals surface area contributed by atoms with E-state index in [2.05, 4.69) is 25.9 Å². The number of phenolic OH excluding ortho intramolecular Hbond substituents is 1. The average Bonchev–Trinajstić information content (AvgIpc) is 3.19. The number of aromatic nitrogens is 4. The van der Waals surface area contributed by atoms with Gasteiger partial charge in [0, 0.05) is 43.0 Å². The lowest BCUT2D eigenvalue weighted by molar-refractivity contribution is 0.192. The Hall–Kier alpha value is -2.93. The Bertz CT molecular complexity index is 1000. The maximum atomic E-state index is 10.5. The zero-order chi connectivity index (χ0) is 20.5. The van der Waals surface area contributed by atoms with E-state index >= 15 is 0 Å². The van der Waals surface area contributed by atoms with E-state index in [0.717, 1.165) is 23.5 Å². The molecule has 2 unspecified atom stereocenters. The number of nitrogens with zero attached hydrogens (tertiary/aromatic N) is 4. The fourth-order valence-corrected chi connectivity index (χ4v) is 4.87. The van der Waals surface area contributed by atoms with Crippen LogP contribution in [0.5, 0.6) is 5.75 Å². The predicted octanol–water partition coefficient (Wildman–Crippen LogP) is 3.58. The SMILES string of the molecule is Cn1cc(-c2ccc(-c3ccc(NCC4CC5CCCC(C4)N5)nn3)c(O)c2)cn1. The third kappa shape index (κ3) is 4.03. The summed E-state index contributed by atoms with van der Waals surface area (Å²) in [5.41, 5.74) is 3.22. The van der Waals surface area contributed by atoms with E-state index in [9.17, 15) is 5.11 Å². The number of hydrogen-bond acceptors (Lipinski definition) is 6. The van der Waals surface area contributed by atoms with E-state index in [1.54, 1.807) is 16.9 Å². The van der Waals surface area contributed by atoms with Crippen LogP contribution < -0.4 is 10.6 Å². The summed E-state index contributed by atoms with van der Waals surface area (Å²) in [6, 6.07) is 10.8. The Morgan fingerprint density at radius 1 is 1.10 bits per heavy atom. The first-order chi connectivity index (χ1) is 14.6. The summed E-state index contributed by atoms with van der Waals surface area (Å²) in [5, 5.41) is 30.6. The Labute approximate surface area is 176 Å². The van der Waals surface area contributed by atoms with Gasteiger partial charge in [-0.2, -0.15) is 5.10 Å². The van der Waals surface area contributed by atoms with Crippen LogP contribution in [0.25, 0.3) is 22.4 Å². The molecule has 2 atom stereocenters. The standard InChI is InChI=1S/C23H28N6O/c1-29-14-17(13-25-29)16-5-6-20(22(30)11-16)21-7-8-23(28-27-21)24-12-15-9-18-3-2-4-19(10-15)26-18/h5-8,11,13-15,18-19,26,30H,2-4,9-10,12H2,1H3,(H,24,28). The number of anilines is 1. The molecule has 7 heteroatoms. The van der Waals surface area contributed by atoms with Crippen LogP contribution in [0.1, 0.15) is 32.1 Å². The number of nitrogens with one attached hydrogen (secondary N) is 2. The lowest BCUT2D eigenvalue weighted by atomic mass is 9.80. The van der Waals surface area contributed by atoms with Gasteiger partial charge in [-0.25, -0.2) is 0 Å². The normalized spacial score (nSPS) is 23.3. The molecule has 5 rings (SSSR count). The first-order valence-corrected chi connectivity index (χ1v) is 10.8. The highest BCUT2D eigenvalue weighted by Crippen LogP contribution is 2.33. The van der Waals surface area contributed by atoms with Crippen molar-refractivity contribution in [2.75, 3.05) is 11.9 Å². The van der Waals surface area contributed by atoms with Crippen LogP contribution in [0.3, 0.4) is 0 Å². The fourth-order valence-electron chi connectivity index (χ4n) is 4.87. The van der Waals surface area contributed by atoms with Crippen molar-refractivity contribution in [2.45, 2.75) is 44.2 Å². The van der Waals surface area contributed by atoms with Gasteiger partial charge in [0.05, 0.1) is 11.9 Å². The minimum atomic E-state index is 0.188. The maximum absolute atomic E-state index is 10.5. The number of aryl methyl sites for hydroxylation is 1. The third-order valence-corrected chi connectivity index (χ3v) is 6.36. The molecule has 2 aliphatic heterocycles. The predicted molar refractivity (Wildman–Crippen MR) is 117 cm³/mol. The zero-order valence-corrected chi connectivity index (χ0v) is 17.3. The first kappa shape index (κ1) is 19.1. The molecule has 3 N–H and O–H groups in total. The fraction of sp³-hybridized carbons (Fsp3) is 0.435. The van der Waals surface area contributed by atoms with Gasteiger partial charge < -0.3 is 15.7 Å². The summed E-state index contributed by atoms with van der Waals surface area (Å²) < 4.78 is 1.74. The molecule has 0 amide bonds. The zero-order valence-electron chi connectivity index (χ0n) is 17.3. The number of fused-ring (bicyclic) bond motifs is 2. The van der Waals surface area contributed by atoms with Crippen LogP contribution in [0.4, 0.5) is 5.82 Å². The second-order valence-electron chi connectivity index (χ2n) is 8.65. The minimum Gasteiger partial charge on any atom is -0.507 e. The second kappa shape index (κ2) is 8.07. The molecule has 0 saturated carbocycles. The molecule has 0 spiro atoms. The third-order valence-electron chi connectivity index (χ3n) is 6.36. The Morgan fingerprint density at radius 3 is 2.60 bits per heavy atom. The van der Waals surface area contributed by atoms with Crippen molar-refractivity contribution >= 4 is 5.82 Å². The van der Waals surface area contributed by atoms with Crippen LogP contribution in [0.15, 0.2) is 42.7 Å². The van der Waals surface area contributed by atoms with Gasteiger partial charge in [0.25, 0.3) is 0 Å². The molecule has 7 nitrogen and oxygen atoms in total. The van der Waals surface area contributed by atoms with Gasteiger partial charge in [-0.15, -0.1) is 10.2 Å². The van der Waals surface area contributed by atoms with Crippen LogP contribution in [-0.4, -0.2) is 43.7 Å². The largest absolute Gasteiger partial charge is 0.507 e. The van der Waals surface area contributed by atoms with Gasteiger partial charge in [-0.05, 0) is 61.4 Å². The molecule has 3 aromatic rings. The topological polar surface area (TPSA) is 87.9 Å². The molecule has 30 heavy (non-hydrogen) atoms. The van der Waals surface area contributed by atoms with E-state index in [0.29, 0.717) is 29.3 Å². The smallest absolute Gasteiger partial charge is 0.148 e. The van der Waals surface area contributed by atoms with Crippen molar-refractivity contribution in [3.05, 3.63) is 42.7 Å². The molecule has 0 radical (unpaired) electrons. The van der Waals surface area contributed by atoms with Crippen LogP contribution in [-0.2, 0) is 7.05 Å². The van der Waals surface area contributed by atoms with E-state index in [1.165, 1.54) is 32.1 Å². The second-order valence-corrected chi connectivity index (χ2v) is 8.65. The van der Waals surface area contributed by atoms with E-state index in [1.807, 2.05) is 37.5 Å². The molecule has 156 valence electrons. The summed E-state index contributed by atoms with van der Waals surface area (Å²) in [4.78, 5) is 0. The van der Waals surface area contributed by atoms with Crippen molar-refractivity contribution in [1.82, 2.24) is 25.3 Å². The average molecular weight is 405 g/mol. The lowest BCUT2D eigenvalue weighted by Gasteiger charge is -2.40. The Balaban J connectivity index is 1.24. The molecule has 2 aliphatic rings. The number of aromatic hydroxyl groups is 1. The van der Waals surface area contributed by atoms with Crippen LogP contribution in [0.2, 0.25) is 0 Å². The highest BCUT2D eigenvalue weighted by atomic mass is 16.3. The summed E-state index contributed by atoms with van der Waals surface area (Å²) in [7, 11) is 1.87. The van der Waals surface area contributed by atoms with Crippen LogP contribution >= 0.6 is 0 Å². The van der Waals surface area contributed by atoms with Crippen molar-refractivity contribution < 1.29 is 5.11 Å². The minimum absolute atomic E-state index is 0.188. The monoisotopic (exact) mass is 404 g/mol. The molecular weight excluding hydrogens is 376 g/mol. The Kier molecular flexibility index (Phi) is 5.12. The molecule has 4 heterocycles. The van der Waals surface area contributed by atoms with Crippen molar-refractivity contribution in [3.8, 4) is 28.1 Å². The van der Waals surface area contributed by atoms with E-state index < -0.39 is 0 Å². The highest BCUT2D eigenvalue weighted by molar-refractivity contribution is 5.73. The van der Waals surface area contributed by atoms with Gasteiger partial charge in [-0.3, -0.25) is 4.68 Å². The van der Waals surface area contributed by atoms with Crippen molar-refractivity contribution in [3.63, 3.8) is 0 Å². The van der Waals surface area contributed by atoms with Crippen molar-refractivity contribution in [2.24, 2.45) is 13.0 Å². The molecule has 0 aliphatic carbocycles. The van der Waals surface area contributed by atoms with Gasteiger partial charge in [0.2, 0.25) is 0 Å².